The first-order chi connectivity index (χ1) is 48.5. The Morgan fingerprint density at radius 1 is 0.627 bits per heavy atom. The van der Waals surface area contributed by atoms with Crippen molar-refractivity contribution in [3.05, 3.63) is 214 Å². The van der Waals surface area contributed by atoms with Gasteiger partial charge in [0.2, 0.25) is 12.5 Å². The van der Waals surface area contributed by atoms with Crippen LogP contribution < -0.4 is 50.3 Å². The van der Waals surface area contributed by atoms with Crippen molar-refractivity contribution in [1.29, 1.82) is 0 Å². The molecule has 10 rings (SSSR count). The third-order valence-corrected chi connectivity index (χ3v) is 19.4. The molecule has 6 aromatic rings. The molecule has 4 aliphatic rings. The molecule has 1 amide bonds. The summed E-state index contributed by atoms with van der Waals surface area (Å²) >= 11 is 0. The first-order valence-corrected chi connectivity index (χ1v) is 34.9. The van der Waals surface area contributed by atoms with E-state index in [9.17, 15) is 72.2 Å². The maximum Gasteiger partial charge on any atom is 0.475 e. The molecule has 4 aliphatic heterocycles. The van der Waals surface area contributed by atoms with Crippen molar-refractivity contribution in [3.63, 3.8) is 0 Å². The second-order valence-electron chi connectivity index (χ2n) is 24.1. The van der Waals surface area contributed by atoms with Crippen LogP contribution in [0.4, 0.5) is 0 Å². The number of ether oxygens (including phenoxy) is 7. The third kappa shape index (κ3) is 19.0. The van der Waals surface area contributed by atoms with E-state index in [4.69, 9.17) is 62.3 Å². The smallest absolute Gasteiger partial charge is 0.459 e. The zero-order chi connectivity index (χ0) is 73.9. The Morgan fingerprint density at radius 2 is 1.12 bits per heavy atom. The van der Waals surface area contributed by atoms with Crippen LogP contribution in [-0.2, 0) is 74.5 Å². The molecular formula is C63H78N10O27P2. The van der Waals surface area contributed by atoms with Gasteiger partial charge in [0.1, 0.15) is 67.9 Å². The lowest BCUT2D eigenvalue weighted by Gasteiger charge is -2.28. The highest BCUT2D eigenvalue weighted by molar-refractivity contribution is 7.48. The van der Waals surface area contributed by atoms with Gasteiger partial charge in [-0.3, -0.25) is 89.6 Å². The van der Waals surface area contributed by atoms with Gasteiger partial charge >= 0.3 is 44.4 Å². The van der Waals surface area contributed by atoms with Gasteiger partial charge in [-0.05, 0) is 45.2 Å². The Hall–Kier alpha value is -8.51. The van der Waals surface area contributed by atoms with Crippen LogP contribution in [0.25, 0.3) is 4.85 Å². The van der Waals surface area contributed by atoms with Crippen molar-refractivity contribution in [2.24, 2.45) is 0 Å². The van der Waals surface area contributed by atoms with Gasteiger partial charge in [0.25, 0.3) is 22.2 Å². The number of aromatic nitrogens is 8. The SMILES string of the molecule is COC1C(OP(=O)(O)OCC2OC(n3cc(C)c(=O)[nH]c3=O)CC2O)C(CO)OC1n1ccc(=O)[nH]c1=O.[C-]#[N+]CCOP(=O)(OCC1OC(n2cc(C)c(=O)[nH]c2=O)CC1OC(=O)CCC(=O)NC(c1ccc(C)cc1)c1ccc(C)cc1)OC1C(CC)OC(n2ccc(=O)[nH]c2=O)C1OC. The number of hydrogen-bond donors (Lipinski definition) is 8. The summed E-state index contributed by atoms with van der Waals surface area (Å²) in [6, 6.07) is 17.2. The number of esters is 1. The largest absolute Gasteiger partial charge is 0.475 e. The molecule has 0 bridgehead atoms. The highest BCUT2D eigenvalue weighted by atomic mass is 31.2. The molecule has 8 N–H and O–H groups in total. The van der Waals surface area contributed by atoms with Crippen LogP contribution in [-0.4, -0.2) is 173 Å². The summed E-state index contributed by atoms with van der Waals surface area (Å²) in [5.74, 6) is -1.20. The first-order valence-electron chi connectivity index (χ1n) is 32.0. The minimum atomic E-state index is -4.90. The summed E-state index contributed by atoms with van der Waals surface area (Å²) in [6.45, 7) is 13.3. The molecule has 552 valence electrons. The Bertz CT molecular complexity index is 4540. The molecule has 16 atom stereocenters. The molecule has 0 radical (unpaired) electrons. The number of aliphatic hydroxyl groups is 2. The van der Waals surface area contributed by atoms with Crippen molar-refractivity contribution < 1.29 is 89.6 Å². The topological polar surface area (TPSA) is 476 Å². The maximum atomic E-state index is 14.5. The molecule has 0 aliphatic carbocycles. The molecule has 4 saturated heterocycles. The second-order valence-corrected chi connectivity index (χ2v) is 27.2. The van der Waals surface area contributed by atoms with Crippen LogP contribution in [0.2, 0.25) is 0 Å². The summed E-state index contributed by atoms with van der Waals surface area (Å²) in [7, 11) is -7.06. The lowest BCUT2D eigenvalue weighted by atomic mass is 9.97. The van der Waals surface area contributed by atoms with Crippen molar-refractivity contribution in [2.45, 2.75) is 159 Å². The summed E-state index contributed by atoms with van der Waals surface area (Å²) in [6.07, 6.45) is -11.6. The molecule has 39 heteroatoms. The van der Waals surface area contributed by atoms with Crippen molar-refractivity contribution in [1.82, 2.24) is 43.5 Å². The molecule has 4 fully saturated rings. The number of nitrogens with zero attached hydrogens (tertiary/aromatic N) is 5. The molecule has 8 heterocycles. The minimum Gasteiger partial charge on any atom is -0.459 e. The van der Waals surface area contributed by atoms with Gasteiger partial charge < -0.3 is 58.4 Å². The Balaban J connectivity index is 0.000000270. The van der Waals surface area contributed by atoms with E-state index in [0.717, 1.165) is 58.9 Å². The van der Waals surface area contributed by atoms with E-state index in [1.54, 1.807) is 6.92 Å². The summed E-state index contributed by atoms with van der Waals surface area (Å²) in [5, 5.41) is 23.1. The monoisotopic (exact) mass is 1470 g/mol. The average molecular weight is 1470 g/mol. The molecule has 2 aromatic carbocycles. The number of nitrogens with one attached hydrogen (secondary N) is 5. The van der Waals surface area contributed by atoms with Crippen LogP contribution in [0.1, 0.15) is 103 Å². The number of phosphoric acid groups is 2. The van der Waals surface area contributed by atoms with Crippen LogP contribution in [0, 0.1) is 34.3 Å². The molecule has 102 heavy (non-hydrogen) atoms. The van der Waals surface area contributed by atoms with Crippen molar-refractivity contribution >= 4 is 27.5 Å². The first kappa shape index (κ1) is 77.6. The molecule has 0 saturated carbocycles. The van der Waals surface area contributed by atoms with E-state index in [1.807, 2.05) is 67.4 Å². The van der Waals surface area contributed by atoms with Gasteiger partial charge in [-0.15, -0.1) is 0 Å². The lowest BCUT2D eigenvalue weighted by Crippen LogP contribution is -2.40. The van der Waals surface area contributed by atoms with E-state index in [1.165, 1.54) is 46.7 Å². The van der Waals surface area contributed by atoms with E-state index < -0.39 is 184 Å². The second kappa shape index (κ2) is 34.2. The molecule has 16 unspecified atom stereocenters. The number of hydrogen-bond acceptors (Lipinski definition) is 26. The number of aromatic amines is 4. The van der Waals surface area contributed by atoms with Crippen molar-refractivity contribution in [2.75, 3.05) is 47.2 Å². The predicted molar refractivity (Wildman–Crippen MR) is 353 cm³/mol. The van der Waals surface area contributed by atoms with Gasteiger partial charge in [-0.2, -0.15) is 0 Å². The fourth-order valence-electron chi connectivity index (χ4n) is 11.6. The average Bonchev–Trinajstić information content (AvgIpc) is 1.63. The molecule has 37 nitrogen and oxygen atoms in total. The van der Waals surface area contributed by atoms with Crippen LogP contribution in [0.5, 0.6) is 0 Å². The highest BCUT2D eigenvalue weighted by Crippen LogP contribution is 2.55. The van der Waals surface area contributed by atoms with E-state index >= 15 is 0 Å². The summed E-state index contributed by atoms with van der Waals surface area (Å²) in [4.78, 5) is 146. The third-order valence-electron chi connectivity index (χ3n) is 17.0. The van der Waals surface area contributed by atoms with Gasteiger partial charge in [0.05, 0.1) is 44.5 Å². The number of amides is 1. The number of benzene rings is 2. The minimum absolute atomic E-state index is 0.0690. The van der Waals surface area contributed by atoms with Gasteiger partial charge in [0.15, 0.2) is 12.5 Å². The number of aryl methyl sites for hydroxylation is 4. The fourth-order valence-corrected chi connectivity index (χ4v) is 14.0. The maximum absolute atomic E-state index is 14.5. The zero-order valence-electron chi connectivity index (χ0n) is 56.1. The Morgan fingerprint density at radius 3 is 1.62 bits per heavy atom. The molecule has 0 spiro atoms. The number of H-pyrrole nitrogens is 4. The molecule has 4 aromatic heterocycles. The number of aliphatic hydroxyl groups excluding tert-OH is 2. The van der Waals surface area contributed by atoms with E-state index in [2.05, 4.69) is 25.1 Å². The fraction of sp³-hybridized carbons (Fsp3) is 0.508. The summed E-state index contributed by atoms with van der Waals surface area (Å²) in [5.41, 5.74) is -1.41. The number of methoxy groups -OCH3 is 2. The lowest BCUT2D eigenvalue weighted by molar-refractivity contribution is -0.154. The Kier molecular flexibility index (Phi) is 26.0. The van der Waals surface area contributed by atoms with Crippen LogP contribution >= 0.6 is 15.6 Å². The predicted octanol–water partition coefficient (Wildman–Crippen LogP) is 1.12. The normalized spacial score (nSPS) is 25.8. The van der Waals surface area contributed by atoms with Crippen molar-refractivity contribution in [3.8, 4) is 0 Å². The zero-order valence-corrected chi connectivity index (χ0v) is 57.9. The quantitative estimate of drug-likeness (QED) is 0.0148. The van der Waals surface area contributed by atoms with Gasteiger partial charge in [0, 0.05) is 81.5 Å². The number of carbonyl (C=O) groups excluding carboxylic acids is 2. The van der Waals surface area contributed by atoms with E-state index in [-0.39, 0.29) is 56.4 Å². The molecular weight excluding hydrogens is 1390 g/mol. The van der Waals surface area contributed by atoms with Gasteiger partial charge in [-0.1, -0.05) is 66.6 Å². The number of carbonyl (C=O) groups is 2. The van der Waals surface area contributed by atoms with Crippen LogP contribution in [0.3, 0.4) is 0 Å². The standard InChI is InChI=1S/C43H51N6O14P.C20H27N4O13P/c1-7-30-38(39(57-6)41(62-30)48-20-18-34(51)46-42(48)54)63-64(56,58-21-19-44-5)59-24-32-31(22-35(60-32)49-23-27(4)40(53)47-43(49)55)61-36(52)17-16-33(50)45-37(28-12-8-25(2)9-13-28)29-14-10-26(3)11-15-29;1-9-6-24(20(30)22-17(9)28)14-5-10(26)12(35-14)8-34-38(31,32)37-15-11(7-25)36-18(16(15)33-2)23-4-3-13(27)21-19(23)29/h8-15,18,20,23,30-32,35,37-39,41H,7,16-17,19,21-22,24H2,1-4,6H3,(H,45,50)(H,46,51,54)(H,47,53,55);3-4,6,10-12,14-16,18,25-26H,5,7-8H2,1-2H3,(H,31,32)(H,21,27,29)(H,22,28,30). The highest BCUT2D eigenvalue weighted by Gasteiger charge is 2.53. The van der Waals surface area contributed by atoms with Crippen LogP contribution in [0.15, 0.2) is 124 Å². The van der Waals surface area contributed by atoms with E-state index in [0.29, 0.717) is 0 Å². The number of rotatable bonds is 28. The van der Waals surface area contributed by atoms with Gasteiger partial charge in [-0.25, -0.2) is 34.9 Å². The summed E-state index contributed by atoms with van der Waals surface area (Å²) < 4.78 is 99.6. The number of phosphoric ester groups is 2. The Labute approximate surface area is 578 Å².